The van der Waals surface area contributed by atoms with Crippen LogP contribution in [0.25, 0.3) is 38.4 Å². The summed E-state index contributed by atoms with van der Waals surface area (Å²) in [7, 11) is 0. The number of aryl methyl sites for hydroxylation is 2. The summed E-state index contributed by atoms with van der Waals surface area (Å²) in [5.74, 6) is 0. The third kappa shape index (κ3) is 2.01. The van der Waals surface area contributed by atoms with Crippen LogP contribution in [0.3, 0.4) is 0 Å². The van der Waals surface area contributed by atoms with Crippen molar-refractivity contribution < 1.29 is 11.0 Å². The predicted octanol–water partition coefficient (Wildman–Crippen LogP) is 5.92. The van der Waals surface area contributed by atoms with Crippen LogP contribution >= 0.6 is 0 Å². The van der Waals surface area contributed by atoms with Crippen molar-refractivity contribution in [3.05, 3.63) is 84.0 Å². The van der Waals surface area contributed by atoms with Crippen LogP contribution in [0.15, 0.2) is 72.9 Å². The van der Waals surface area contributed by atoms with Gasteiger partial charge in [-0.1, -0.05) is 48.4 Å². The van der Waals surface area contributed by atoms with Crippen LogP contribution in [0.4, 0.5) is 0 Å². The summed E-state index contributed by atoms with van der Waals surface area (Å²) in [4.78, 5) is 4.12. The van der Waals surface area contributed by atoms with Gasteiger partial charge in [0.25, 0.3) is 0 Å². The number of aromatic nitrogens is 2. The molecule has 5 rings (SSSR count). The highest BCUT2D eigenvalue weighted by Gasteiger charge is 2.11. The summed E-state index contributed by atoms with van der Waals surface area (Å²) in [6.07, 6.45) is -0.662. The van der Waals surface area contributed by atoms with Gasteiger partial charge in [-0.2, -0.15) is 0 Å². The van der Waals surface area contributed by atoms with E-state index in [1.165, 1.54) is 10.5 Å². The molecule has 0 aliphatic carbocycles. The van der Waals surface area contributed by atoms with Crippen LogP contribution in [-0.4, -0.2) is 9.38 Å². The van der Waals surface area contributed by atoms with Crippen molar-refractivity contribution in [2.24, 2.45) is 0 Å². The summed E-state index contributed by atoms with van der Waals surface area (Å²) in [6.45, 7) is 3.73. The van der Waals surface area contributed by atoms with Crippen molar-refractivity contribution in [3.8, 4) is 11.1 Å². The van der Waals surface area contributed by atoms with Gasteiger partial charge in [-0.3, -0.25) is 4.40 Å². The fourth-order valence-electron chi connectivity index (χ4n) is 3.38. The van der Waals surface area contributed by atoms with E-state index in [0.29, 0.717) is 5.56 Å². The summed E-state index contributed by atoms with van der Waals surface area (Å²) in [5.41, 5.74) is 2.69. The van der Waals surface area contributed by atoms with Crippen molar-refractivity contribution in [1.29, 1.82) is 0 Å². The molecule has 0 atom stereocenters. The van der Waals surface area contributed by atoms with Gasteiger partial charge in [0.2, 0.25) is 0 Å². The highest BCUT2D eigenvalue weighted by molar-refractivity contribution is 6.12. The summed E-state index contributed by atoms with van der Waals surface area (Å²) in [6, 6.07) is 5.59. The Balaban J connectivity index is 2.19. The molecule has 0 amide bonds. The Morgan fingerprint density at radius 2 is 1.76 bits per heavy atom. The molecule has 25 heavy (non-hydrogen) atoms. The Morgan fingerprint density at radius 1 is 0.920 bits per heavy atom. The second-order valence-electron chi connectivity index (χ2n) is 6.06. The standard InChI is InChI=1S/C23H18N2/c1-15-6-5-7-16(2)22(15)17-10-11-21-20(14-17)18-8-3-4-9-19(18)23-24-12-13-25(21)23/h3-14H,1-2H3/i3D,4D,8D,10D,11D,12D,13D,14D. The van der Waals surface area contributed by atoms with Crippen LogP contribution < -0.4 is 0 Å². The largest absolute Gasteiger partial charge is 0.299 e. The van der Waals surface area contributed by atoms with Gasteiger partial charge in [-0.05, 0) is 53.6 Å². The zero-order valence-electron chi connectivity index (χ0n) is 21.7. The summed E-state index contributed by atoms with van der Waals surface area (Å²) >= 11 is 0. The van der Waals surface area contributed by atoms with Crippen molar-refractivity contribution in [2.75, 3.05) is 0 Å². The number of nitrogens with zero attached hydrogens (tertiary/aromatic N) is 2. The number of fused-ring (bicyclic) bond motifs is 6. The van der Waals surface area contributed by atoms with Crippen molar-refractivity contribution in [3.63, 3.8) is 0 Å². The predicted molar refractivity (Wildman–Crippen MR) is 105 cm³/mol. The van der Waals surface area contributed by atoms with Crippen LogP contribution in [0.2, 0.25) is 0 Å². The van der Waals surface area contributed by atoms with Gasteiger partial charge in [0.1, 0.15) is 5.65 Å². The van der Waals surface area contributed by atoms with Gasteiger partial charge >= 0.3 is 0 Å². The third-order valence-electron chi connectivity index (χ3n) is 4.52. The first-order valence-electron chi connectivity index (χ1n) is 11.9. The number of hydrogen-bond acceptors (Lipinski definition) is 1. The zero-order chi connectivity index (χ0) is 23.9. The van der Waals surface area contributed by atoms with Crippen molar-refractivity contribution in [1.82, 2.24) is 9.38 Å². The molecule has 2 aromatic heterocycles. The molecule has 3 aromatic carbocycles. The first-order valence-corrected chi connectivity index (χ1v) is 7.94. The van der Waals surface area contributed by atoms with E-state index in [0.717, 1.165) is 11.1 Å². The minimum atomic E-state index is -0.354. The van der Waals surface area contributed by atoms with Crippen LogP contribution in [0.5, 0.6) is 0 Å². The Bertz CT molecular complexity index is 1650. The van der Waals surface area contributed by atoms with Gasteiger partial charge in [-0.25, -0.2) is 4.98 Å². The topological polar surface area (TPSA) is 17.3 Å². The minimum absolute atomic E-state index is 0.0316. The van der Waals surface area contributed by atoms with E-state index in [1.807, 2.05) is 32.0 Å². The molecule has 0 saturated carbocycles. The second kappa shape index (κ2) is 5.18. The average molecular weight is 330 g/mol. The van der Waals surface area contributed by atoms with Crippen LogP contribution in [0.1, 0.15) is 22.1 Å². The molecule has 0 unspecified atom stereocenters. The first-order chi connectivity index (χ1) is 15.6. The maximum absolute atomic E-state index is 9.13. The molecule has 0 saturated heterocycles. The molecule has 0 bridgehead atoms. The SMILES string of the molecule is [2H]c1cc2c(c([2H])c1[2H])c1c([2H])c(-c3c(C)cccc3C)c([2H])c([2H])c1n1c([2H])c([2H])nc21. The lowest BCUT2D eigenvalue weighted by Gasteiger charge is -2.13. The van der Waals surface area contributed by atoms with E-state index < -0.39 is 0 Å². The van der Waals surface area contributed by atoms with E-state index >= 15 is 0 Å². The van der Waals surface area contributed by atoms with Gasteiger partial charge in [0.05, 0.1) is 16.5 Å². The fourth-order valence-corrected chi connectivity index (χ4v) is 3.38. The van der Waals surface area contributed by atoms with Gasteiger partial charge in [0.15, 0.2) is 0 Å². The van der Waals surface area contributed by atoms with Crippen molar-refractivity contribution in [2.45, 2.75) is 13.8 Å². The smallest absolute Gasteiger partial charge is 0.145 e. The van der Waals surface area contributed by atoms with Crippen LogP contribution in [0, 0.1) is 13.8 Å². The molecule has 0 spiro atoms. The number of rotatable bonds is 1. The maximum atomic E-state index is 9.13. The lowest BCUT2D eigenvalue weighted by molar-refractivity contribution is 1.27. The molecule has 120 valence electrons. The molecule has 0 fully saturated rings. The van der Waals surface area contributed by atoms with Gasteiger partial charge in [-0.15, -0.1) is 0 Å². The van der Waals surface area contributed by atoms with Crippen molar-refractivity contribution >= 4 is 27.3 Å². The number of pyridine rings is 1. The molecular weight excluding hydrogens is 304 g/mol. The monoisotopic (exact) mass is 330 g/mol. The Labute approximate surface area is 157 Å². The average Bonchev–Trinajstić information content (AvgIpc) is 3.06. The van der Waals surface area contributed by atoms with Gasteiger partial charge in [0, 0.05) is 23.1 Å². The molecule has 5 aromatic rings. The lowest BCUT2D eigenvalue weighted by Crippen LogP contribution is -1.92. The number of hydrogen-bond donors (Lipinski definition) is 0. The van der Waals surface area contributed by atoms with Gasteiger partial charge < -0.3 is 0 Å². The van der Waals surface area contributed by atoms with E-state index in [2.05, 4.69) is 4.98 Å². The molecule has 2 nitrogen and oxygen atoms in total. The molecule has 0 aliphatic rings. The molecule has 0 N–H and O–H groups in total. The quantitative estimate of drug-likeness (QED) is 0.348. The first kappa shape index (κ1) is 8.30. The highest BCUT2D eigenvalue weighted by Crippen LogP contribution is 2.34. The van der Waals surface area contributed by atoms with E-state index in [9.17, 15) is 0 Å². The zero-order valence-corrected chi connectivity index (χ0v) is 13.7. The maximum Gasteiger partial charge on any atom is 0.145 e. The normalized spacial score (nSPS) is 16.1. The third-order valence-corrected chi connectivity index (χ3v) is 4.52. The Morgan fingerprint density at radius 3 is 2.60 bits per heavy atom. The van der Waals surface area contributed by atoms with E-state index in [4.69, 9.17) is 11.0 Å². The molecule has 0 radical (unpaired) electrons. The van der Waals surface area contributed by atoms with Crippen LogP contribution in [-0.2, 0) is 0 Å². The highest BCUT2D eigenvalue weighted by atomic mass is 15.0. The Kier molecular flexibility index (Phi) is 1.72. The molecule has 2 heterocycles. The number of benzene rings is 3. The summed E-state index contributed by atoms with van der Waals surface area (Å²) < 4.78 is 69.3. The molecule has 2 heteroatoms. The number of imidazole rings is 1. The fraction of sp³-hybridized carbons (Fsp3) is 0.0870. The summed E-state index contributed by atoms with van der Waals surface area (Å²) in [5, 5.41) is 0.564. The Hall–Kier alpha value is -3.13. The van der Waals surface area contributed by atoms with E-state index in [1.54, 1.807) is 0 Å². The minimum Gasteiger partial charge on any atom is -0.299 e. The lowest BCUT2D eigenvalue weighted by atomic mass is 9.94. The molecular formula is C23H18N2. The second-order valence-corrected chi connectivity index (χ2v) is 6.06. The molecule has 0 aliphatic heterocycles. The van der Waals surface area contributed by atoms with E-state index in [-0.39, 0.29) is 81.5 Å².